The Morgan fingerprint density at radius 2 is 1.88 bits per heavy atom. The molecule has 1 aliphatic carbocycles. The Hall–Kier alpha value is -2.34. The molecule has 0 saturated carbocycles. The molecule has 0 amide bonds. The van der Waals surface area contributed by atoms with Crippen LogP contribution in [0.3, 0.4) is 0 Å². The second-order valence-corrected chi connectivity index (χ2v) is 7.82. The number of rotatable bonds is 7. The number of nitrogens with zero attached hydrogens (tertiary/aromatic N) is 1. The van der Waals surface area contributed by atoms with E-state index in [2.05, 4.69) is 21.1 Å². The Labute approximate surface area is 149 Å². The van der Waals surface area contributed by atoms with Gasteiger partial charge in [-0.05, 0) is 56.4 Å². The Bertz CT molecular complexity index is 816. The van der Waals surface area contributed by atoms with Crippen molar-refractivity contribution >= 4 is 21.5 Å². The third kappa shape index (κ3) is 5.06. The smallest absolute Gasteiger partial charge is 0.263 e. The fourth-order valence-electron chi connectivity index (χ4n) is 2.85. The highest BCUT2D eigenvalue weighted by atomic mass is 32.2. The van der Waals surface area contributed by atoms with Crippen LogP contribution in [0.25, 0.3) is 0 Å². The first-order valence-corrected chi connectivity index (χ1v) is 10.1. The average molecular weight is 357 g/mol. The number of hydrogen-bond donors (Lipinski definition) is 2. The lowest BCUT2D eigenvalue weighted by Gasteiger charge is -2.13. The first-order chi connectivity index (χ1) is 12.1. The van der Waals surface area contributed by atoms with E-state index in [1.807, 2.05) is 6.07 Å². The minimum absolute atomic E-state index is 0.222. The Morgan fingerprint density at radius 3 is 2.56 bits per heavy atom. The average Bonchev–Trinajstić information content (AvgIpc) is 2.65. The Kier molecular flexibility index (Phi) is 5.71. The van der Waals surface area contributed by atoms with Crippen LogP contribution >= 0.6 is 0 Å². The highest BCUT2D eigenvalue weighted by Gasteiger charge is 2.13. The van der Waals surface area contributed by atoms with Crippen LogP contribution in [-0.4, -0.2) is 19.9 Å². The van der Waals surface area contributed by atoms with Crippen molar-refractivity contribution in [1.82, 2.24) is 4.98 Å². The third-order valence-corrected chi connectivity index (χ3v) is 5.59. The van der Waals surface area contributed by atoms with E-state index in [1.54, 1.807) is 42.6 Å². The molecular weight excluding hydrogens is 334 g/mol. The molecule has 25 heavy (non-hydrogen) atoms. The molecule has 0 radical (unpaired) electrons. The van der Waals surface area contributed by atoms with Crippen LogP contribution < -0.4 is 10.0 Å². The van der Waals surface area contributed by atoms with E-state index >= 15 is 0 Å². The van der Waals surface area contributed by atoms with Gasteiger partial charge in [0.05, 0.1) is 16.8 Å². The molecule has 0 atom stereocenters. The molecule has 0 unspecified atom stereocenters. The molecule has 1 aliphatic rings. The molecule has 0 aliphatic heterocycles. The SMILES string of the molecule is O=S(=O)(Nc1ccc(NCCC2=CCCCC2)cn1)c1ccccc1. The summed E-state index contributed by atoms with van der Waals surface area (Å²) in [5.74, 6) is 0.310. The number of nitrogens with one attached hydrogen (secondary N) is 2. The second kappa shape index (κ2) is 8.16. The maximum atomic E-state index is 12.3. The number of sulfonamides is 1. The number of allylic oxidation sites excluding steroid dienone is 1. The van der Waals surface area contributed by atoms with E-state index in [0.717, 1.165) is 18.7 Å². The van der Waals surface area contributed by atoms with E-state index in [0.29, 0.717) is 5.82 Å². The van der Waals surface area contributed by atoms with E-state index in [-0.39, 0.29) is 4.90 Å². The molecule has 6 heteroatoms. The number of anilines is 2. The summed E-state index contributed by atoms with van der Waals surface area (Å²) in [5, 5.41) is 3.33. The first-order valence-electron chi connectivity index (χ1n) is 8.59. The lowest BCUT2D eigenvalue weighted by Crippen LogP contribution is -2.13. The van der Waals surface area contributed by atoms with Gasteiger partial charge in [0.1, 0.15) is 5.82 Å². The molecule has 0 bridgehead atoms. The largest absolute Gasteiger partial charge is 0.383 e. The van der Waals surface area contributed by atoms with Gasteiger partial charge in [0, 0.05) is 6.54 Å². The fraction of sp³-hybridized carbons (Fsp3) is 0.316. The summed E-state index contributed by atoms with van der Waals surface area (Å²) in [4.78, 5) is 4.41. The van der Waals surface area contributed by atoms with Crippen molar-refractivity contribution < 1.29 is 8.42 Å². The molecule has 3 rings (SSSR count). The molecule has 1 aromatic heterocycles. The van der Waals surface area contributed by atoms with Gasteiger partial charge in [-0.15, -0.1) is 0 Å². The maximum Gasteiger partial charge on any atom is 0.263 e. The predicted molar refractivity (Wildman–Crippen MR) is 101 cm³/mol. The van der Waals surface area contributed by atoms with Gasteiger partial charge in [0.2, 0.25) is 0 Å². The molecule has 1 aromatic carbocycles. The van der Waals surface area contributed by atoms with Crippen molar-refractivity contribution in [2.24, 2.45) is 0 Å². The molecule has 5 nitrogen and oxygen atoms in total. The molecule has 132 valence electrons. The summed E-state index contributed by atoms with van der Waals surface area (Å²) >= 11 is 0. The molecule has 0 spiro atoms. The third-order valence-electron chi connectivity index (χ3n) is 4.22. The summed E-state index contributed by atoms with van der Waals surface area (Å²) < 4.78 is 27.0. The van der Waals surface area contributed by atoms with Crippen LogP contribution in [0.2, 0.25) is 0 Å². The minimum Gasteiger partial charge on any atom is -0.383 e. The van der Waals surface area contributed by atoms with Crippen LogP contribution in [0.1, 0.15) is 32.1 Å². The number of aromatic nitrogens is 1. The summed E-state index contributed by atoms with van der Waals surface area (Å²) in [6.45, 7) is 0.864. The van der Waals surface area contributed by atoms with Crippen molar-refractivity contribution in [3.8, 4) is 0 Å². The van der Waals surface area contributed by atoms with Crippen LogP contribution in [0.5, 0.6) is 0 Å². The van der Waals surface area contributed by atoms with Crippen molar-refractivity contribution in [3.05, 3.63) is 60.3 Å². The van der Waals surface area contributed by atoms with Gasteiger partial charge in [-0.1, -0.05) is 29.8 Å². The quantitative estimate of drug-likeness (QED) is 0.729. The lowest BCUT2D eigenvalue weighted by molar-refractivity contribution is 0.601. The molecule has 2 aromatic rings. The number of benzene rings is 1. The Balaban J connectivity index is 1.54. The van der Waals surface area contributed by atoms with E-state index in [4.69, 9.17) is 0 Å². The second-order valence-electron chi connectivity index (χ2n) is 6.14. The van der Waals surface area contributed by atoms with Crippen LogP contribution in [0.15, 0.2) is 65.2 Å². The standard InChI is InChI=1S/C19H23N3O2S/c23-25(24,18-9-5-2-6-10-18)22-19-12-11-17(15-21-19)20-14-13-16-7-3-1-4-8-16/h2,5-7,9-12,15,20H,1,3-4,8,13-14H2,(H,21,22). The van der Waals surface area contributed by atoms with Crippen LogP contribution in [0, 0.1) is 0 Å². The monoisotopic (exact) mass is 357 g/mol. The van der Waals surface area contributed by atoms with E-state index in [1.165, 1.54) is 31.3 Å². The normalized spacial score (nSPS) is 14.6. The molecule has 0 saturated heterocycles. The lowest BCUT2D eigenvalue weighted by atomic mass is 9.97. The van der Waals surface area contributed by atoms with E-state index in [9.17, 15) is 8.42 Å². The van der Waals surface area contributed by atoms with Crippen molar-refractivity contribution in [2.45, 2.75) is 37.0 Å². The summed E-state index contributed by atoms with van der Waals surface area (Å²) in [5.41, 5.74) is 2.41. The highest BCUT2D eigenvalue weighted by Crippen LogP contribution is 2.20. The Morgan fingerprint density at radius 1 is 1.04 bits per heavy atom. The van der Waals surface area contributed by atoms with Crippen LogP contribution in [0.4, 0.5) is 11.5 Å². The van der Waals surface area contributed by atoms with Crippen molar-refractivity contribution in [3.63, 3.8) is 0 Å². The number of hydrogen-bond acceptors (Lipinski definition) is 4. The zero-order chi connectivity index (χ0) is 17.5. The minimum atomic E-state index is -3.60. The van der Waals surface area contributed by atoms with Gasteiger partial charge in [-0.3, -0.25) is 4.72 Å². The van der Waals surface area contributed by atoms with Crippen molar-refractivity contribution in [2.75, 3.05) is 16.6 Å². The van der Waals surface area contributed by atoms with Gasteiger partial charge in [0.25, 0.3) is 10.0 Å². The van der Waals surface area contributed by atoms with Gasteiger partial charge >= 0.3 is 0 Å². The summed E-state index contributed by atoms with van der Waals surface area (Å²) in [6.07, 6.45) is 10.1. The topological polar surface area (TPSA) is 71.1 Å². The molecule has 1 heterocycles. The van der Waals surface area contributed by atoms with Gasteiger partial charge < -0.3 is 5.32 Å². The van der Waals surface area contributed by atoms with Gasteiger partial charge in [0.15, 0.2) is 0 Å². The zero-order valence-corrected chi connectivity index (χ0v) is 14.9. The van der Waals surface area contributed by atoms with E-state index < -0.39 is 10.0 Å². The van der Waals surface area contributed by atoms with Crippen LogP contribution in [-0.2, 0) is 10.0 Å². The highest BCUT2D eigenvalue weighted by molar-refractivity contribution is 7.92. The van der Waals surface area contributed by atoms with Gasteiger partial charge in [-0.25, -0.2) is 13.4 Å². The fourth-order valence-corrected chi connectivity index (χ4v) is 3.88. The zero-order valence-electron chi connectivity index (χ0n) is 14.1. The summed E-state index contributed by atoms with van der Waals surface area (Å²) in [7, 11) is -3.60. The van der Waals surface area contributed by atoms with Crippen molar-refractivity contribution in [1.29, 1.82) is 0 Å². The molecule has 0 fully saturated rings. The number of pyridine rings is 1. The first kappa shape index (κ1) is 17.5. The molecule has 2 N–H and O–H groups in total. The summed E-state index contributed by atoms with van der Waals surface area (Å²) in [6, 6.07) is 11.8. The maximum absolute atomic E-state index is 12.3. The molecular formula is C19H23N3O2S. The van der Waals surface area contributed by atoms with Gasteiger partial charge in [-0.2, -0.15) is 0 Å². The predicted octanol–water partition coefficient (Wildman–Crippen LogP) is 4.18.